The van der Waals surface area contributed by atoms with E-state index in [1.807, 2.05) is 24.7 Å². The summed E-state index contributed by atoms with van der Waals surface area (Å²) in [6, 6.07) is 19.7. The standard InChI is InChI=1S/C27H16N4/c1-2-5-18-15(4-1)10-16-11-17-12-24-25(22(17)13-21(16)18)30-27-23-14-28-9-7-19(23)20-6-3-8-29-26(20)31(24)27/h1-9,11,13-14H,10,12H2. The van der Waals surface area contributed by atoms with E-state index in [9.17, 15) is 0 Å². The highest BCUT2D eigenvalue weighted by molar-refractivity contribution is 6.11. The van der Waals surface area contributed by atoms with Crippen molar-refractivity contribution >= 4 is 27.5 Å². The van der Waals surface area contributed by atoms with E-state index in [0.717, 1.165) is 46.0 Å². The van der Waals surface area contributed by atoms with Crippen LogP contribution in [0.1, 0.15) is 22.4 Å². The number of fused-ring (bicyclic) bond motifs is 13. The molecule has 0 spiro atoms. The predicted octanol–water partition coefficient (Wildman–Crippen LogP) is 5.57. The van der Waals surface area contributed by atoms with Gasteiger partial charge in [0, 0.05) is 41.3 Å². The molecule has 144 valence electrons. The van der Waals surface area contributed by atoms with Gasteiger partial charge in [-0.3, -0.25) is 9.38 Å². The summed E-state index contributed by atoms with van der Waals surface area (Å²) in [7, 11) is 0. The summed E-state index contributed by atoms with van der Waals surface area (Å²) in [5.41, 5.74) is 12.4. The zero-order valence-corrected chi connectivity index (χ0v) is 16.6. The molecule has 4 nitrogen and oxygen atoms in total. The first-order chi connectivity index (χ1) is 15.4. The Hall–Kier alpha value is -4.05. The van der Waals surface area contributed by atoms with Gasteiger partial charge in [-0.25, -0.2) is 9.97 Å². The zero-order chi connectivity index (χ0) is 20.1. The van der Waals surface area contributed by atoms with Gasteiger partial charge in [0.2, 0.25) is 0 Å². The topological polar surface area (TPSA) is 43.1 Å². The smallest absolute Gasteiger partial charge is 0.148 e. The van der Waals surface area contributed by atoms with E-state index >= 15 is 0 Å². The summed E-state index contributed by atoms with van der Waals surface area (Å²) in [4.78, 5) is 14.3. The molecule has 0 bridgehead atoms. The number of hydrogen-bond acceptors (Lipinski definition) is 3. The lowest BCUT2D eigenvalue weighted by Crippen LogP contribution is -1.98. The lowest BCUT2D eigenvalue weighted by molar-refractivity contribution is 1.07. The van der Waals surface area contributed by atoms with E-state index in [1.165, 1.54) is 39.1 Å². The van der Waals surface area contributed by atoms with Crippen LogP contribution in [0.3, 0.4) is 0 Å². The largest absolute Gasteiger partial charge is 0.279 e. The van der Waals surface area contributed by atoms with E-state index in [0.29, 0.717) is 0 Å². The fourth-order valence-electron chi connectivity index (χ4n) is 5.62. The van der Waals surface area contributed by atoms with Crippen molar-refractivity contribution in [2.75, 3.05) is 0 Å². The van der Waals surface area contributed by atoms with Crippen LogP contribution in [0, 0.1) is 0 Å². The quantitative estimate of drug-likeness (QED) is 0.315. The molecular weight excluding hydrogens is 380 g/mol. The third-order valence-electron chi connectivity index (χ3n) is 6.95. The number of aromatic nitrogens is 4. The Morgan fingerprint density at radius 3 is 2.61 bits per heavy atom. The monoisotopic (exact) mass is 396 g/mol. The Morgan fingerprint density at radius 2 is 1.61 bits per heavy atom. The Bertz CT molecular complexity index is 1740. The van der Waals surface area contributed by atoms with Crippen LogP contribution in [0.5, 0.6) is 0 Å². The molecule has 0 saturated heterocycles. The summed E-state index contributed by atoms with van der Waals surface area (Å²) in [5.74, 6) is 0. The summed E-state index contributed by atoms with van der Waals surface area (Å²) >= 11 is 0. The van der Waals surface area contributed by atoms with Crippen LogP contribution < -0.4 is 0 Å². The molecule has 4 heteroatoms. The Morgan fingerprint density at radius 1 is 0.677 bits per heavy atom. The SMILES string of the molecule is c1ccc2c(c1)Cc1cc3c(cc1-2)-c1nc2c4cnccc4c4cccnc4n2c1C3. The van der Waals surface area contributed by atoms with Gasteiger partial charge in [0.05, 0.1) is 11.4 Å². The van der Waals surface area contributed by atoms with Gasteiger partial charge in [-0.2, -0.15) is 0 Å². The molecule has 31 heavy (non-hydrogen) atoms. The second kappa shape index (κ2) is 5.35. The number of pyridine rings is 3. The van der Waals surface area contributed by atoms with E-state index in [-0.39, 0.29) is 0 Å². The zero-order valence-electron chi connectivity index (χ0n) is 16.6. The van der Waals surface area contributed by atoms with E-state index in [1.54, 1.807) is 0 Å². The minimum Gasteiger partial charge on any atom is -0.279 e. The predicted molar refractivity (Wildman–Crippen MR) is 122 cm³/mol. The van der Waals surface area contributed by atoms with Gasteiger partial charge < -0.3 is 0 Å². The van der Waals surface area contributed by atoms with Crippen molar-refractivity contribution in [1.82, 2.24) is 19.4 Å². The Kier molecular flexibility index (Phi) is 2.72. The van der Waals surface area contributed by atoms with Gasteiger partial charge in [-0.1, -0.05) is 30.3 Å². The van der Waals surface area contributed by atoms with Crippen molar-refractivity contribution in [2.24, 2.45) is 0 Å². The average molecular weight is 396 g/mol. The number of nitrogens with zero attached hydrogens (tertiary/aromatic N) is 4. The summed E-state index contributed by atoms with van der Waals surface area (Å²) in [5, 5.41) is 3.36. The summed E-state index contributed by atoms with van der Waals surface area (Å²) in [6.45, 7) is 0. The first-order valence-corrected chi connectivity index (χ1v) is 10.6. The first-order valence-electron chi connectivity index (χ1n) is 10.6. The number of hydrogen-bond donors (Lipinski definition) is 0. The summed E-state index contributed by atoms with van der Waals surface area (Å²) < 4.78 is 2.26. The van der Waals surface area contributed by atoms with Crippen LogP contribution in [0.25, 0.3) is 49.8 Å². The van der Waals surface area contributed by atoms with Crippen molar-refractivity contribution in [1.29, 1.82) is 0 Å². The maximum absolute atomic E-state index is 5.18. The molecule has 4 aromatic heterocycles. The van der Waals surface area contributed by atoms with E-state index in [2.05, 4.69) is 57.9 Å². The van der Waals surface area contributed by atoms with Crippen molar-refractivity contribution in [2.45, 2.75) is 12.8 Å². The first kappa shape index (κ1) is 15.7. The molecule has 0 radical (unpaired) electrons. The highest BCUT2D eigenvalue weighted by atomic mass is 15.1. The van der Waals surface area contributed by atoms with Crippen LogP contribution in [0.15, 0.2) is 73.2 Å². The molecule has 6 aromatic rings. The normalized spacial score (nSPS) is 13.5. The molecule has 0 aliphatic heterocycles. The second-order valence-electron chi connectivity index (χ2n) is 8.54. The number of rotatable bonds is 0. The number of imidazole rings is 1. The molecule has 0 fully saturated rings. The molecule has 2 aliphatic rings. The van der Waals surface area contributed by atoms with Gasteiger partial charge in [-0.05, 0) is 63.9 Å². The van der Waals surface area contributed by atoms with Crippen LogP contribution in [0.4, 0.5) is 0 Å². The van der Waals surface area contributed by atoms with Crippen molar-refractivity contribution in [3.05, 3.63) is 95.6 Å². The van der Waals surface area contributed by atoms with Crippen molar-refractivity contribution < 1.29 is 0 Å². The minimum absolute atomic E-state index is 0.882. The fourth-order valence-corrected chi connectivity index (χ4v) is 5.62. The molecule has 2 aliphatic carbocycles. The van der Waals surface area contributed by atoms with Gasteiger partial charge in [0.25, 0.3) is 0 Å². The minimum atomic E-state index is 0.882. The maximum atomic E-state index is 5.18. The average Bonchev–Trinajstić information content (AvgIpc) is 3.47. The highest BCUT2D eigenvalue weighted by Crippen LogP contribution is 2.45. The molecule has 8 rings (SSSR count). The Balaban J connectivity index is 1.48. The summed E-state index contributed by atoms with van der Waals surface area (Å²) in [6.07, 6.45) is 7.55. The van der Waals surface area contributed by atoms with E-state index in [4.69, 9.17) is 9.97 Å². The third-order valence-corrected chi connectivity index (χ3v) is 6.95. The molecule has 0 amide bonds. The van der Waals surface area contributed by atoms with Gasteiger partial charge in [-0.15, -0.1) is 0 Å². The molecule has 4 heterocycles. The van der Waals surface area contributed by atoms with Gasteiger partial charge in [0.1, 0.15) is 11.3 Å². The molecule has 0 N–H and O–H groups in total. The van der Waals surface area contributed by atoms with Crippen molar-refractivity contribution in [3.63, 3.8) is 0 Å². The van der Waals surface area contributed by atoms with Crippen LogP contribution in [-0.2, 0) is 12.8 Å². The van der Waals surface area contributed by atoms with Crippen LogP contribution in [0.2, 0.25) is 0 Å². The molecular formula is C27H16N4. The molecule has 0 unspecified atom stereocenters. The fraction of sp³-hybridized carbons (Fsp3) is 0.0741. The third kappa shape index (κ3) is 1.88. The highest BCUT2D eigenvalue weighted by Gasteiger charge is 2.30. The molecule has 0 saturated carbocycles. The lowest BCUT2D eigenvalue weighted by atomic mass is 9.99. The number of benzene rings is 2. The molecule has 2 aromatic carbocycles. The molecule has 0 atom stereocenters. The second-order valence-corrected chi connectivity index (χ2v) is 8.54. The van der Waals surface area contributed by atoms with Crippen LogP contribution in [-0.4, -0.2) is 19.4 Å². The Labute approximate surface area is 177 Å². The lowest BCUT2D eigenvalue weighted by Gasteiger charge is -2.09. The van der Waals surface area contributed by atoms with E-state index < -0.39 is 0 Å². The van der Waals surface area contributed by atoms with Gasteiger partial charge >= 0.3 is 0 Å². The van der Waals surface area contributed by atoms with Gasteiger partial charge in [0.15, 0.2) is 0 Å². The maximum Gasteiger partial charge on any atom is 0.148 e. The van der Waals surface area contributed by atoms with Crippen LogP contribution >= 0.6 is 0 Å². The van der Waals surface area contributed by atoms with Crippen molar-refractivity contribution in [3.8, 4) is 22.4 Å².